The number of hydrogen-bond donors (Lipinski definition) is 2. The number of carboxylic acids is 1. The van der Waals surface area contributed by atoms with Gasteiger partial charge in [-0.3, -0.25) is 14.5 Å². The van der Waals surface area contributed by atoms with Gasteiger partial charge in [0.15, 0.2) is 0 Å². The van der Waals surface area contributed by atoms with Crippen molar-refractivity contribution < 1.29 is 19.4 Å². The highest BCUT2D eigenvalue weighted by Gasteiger charge is 2.22. The van der Waals surface area contributed by atoms with E-state index in [2.05, 4.69) is 11.9 Å². The van der Waals surface area contributed by atoms with E-state index in [4.69, 9.17) is 9.84 Å². The lowest BCUT2D eigenvalue weighted by Gasteiger charge is -2.26. The fourth-order valence-electron chi connectivity index (χ4n) is 1.28. The number of methoxy groups -OCH3 is 1. The molecule has 0 aliphatic carbocycles. The predicted octanol–water partition coefficient (Wildman–Crippen LogP) is -0.290. The molecule has 0 radical (unpaired) electrons. The third-order valence-corrected chi connectivity index (χ3v) is 2.27. The molecule has 0 saturated heterocycles. The van der Waals surface area contributed by atoms with Crippen molar-refractivity contribution in [2.75, 3.05) is 33.4 Å². The van der Waals surface area contributed by atoms with Gasteiger partial charge < -0.3 is 15.2 Å². The molecule has 1 amide bonds. The monoisotopic (exact) mass is 244 g/mol. The summed E-state index contributed by atoms with van der Waals surface area (Å²) < 4.78 is 4.88. The minimum atomic E-state index is -0.968. The van der Waals surface area contributed by atoms with Crippen LogP contribution in [0.5, 0.6) is 0 Å². The molecule has 1 atom stereocenters. The van der Waals surface area contributed by atoms with Crippen LogP contribution in [-0.4, -0.2) is 61.3 Å². The molecule has 0 aromatic carbocycles. The van der Waals surface area contributed by atoms with E-state index in [0.717, 1.165) is 0 Å². The van der Waals surface area contributed by atoms with Crippen molar-refractivity contribution in [2.24, 2.45) is 0 Å². The summed E-state index contributed by atoms with van der Waals surface area (Å²) in [5.41, 5.74) is 0. The molecule has 6 nitrogen and oxygen atoms in total. The zero-order chi connectivity index (χ0) is 13.3. The summed E-state index contributed by atoms with van der Waals surface area (Å²) >= 11 is 0. The molecular weight excluding hydrogens is 224 g/mol. The van der Waals surface area contributed by atoms with Crippen LogP contribution in [0, 0.1) is 0 Å². The SMILES string of the molecule is C=CCNC(=O)C(C)N(CCOC)CC(=O)O. The summed E-state index contributed by atoms with van der Waals surface area (Å²) in [6.07, 6.45) is 1.57. The number of aliphatic carboxylic acids is 1. The van der Waals surface area contributed by atoms with E-state index in [1.807, 2.05) is 0 Å². The van der Waals surface area contributed by atoms with Crippen LogP contribution >= 0.6 is 0 Å². The van der Waals surface area contributed by atoms with E-state index >= 15 is 0 Å². The third kappa shape index (κ3) is 6.70. The second-order valence-corrected chi connectivity index (χ2v) is 3.57. The molecule has 2 N–H and O–H groups in total. The maximum Gasteiger partial charge on any atom is 0.317 e. The number of nitrogens with one attached hydrogen (secondary N) is 1. The molecule has 0 fully saturated rings. The lowest BCUT2D eigenvalue weighted by molar-refractivity contribution is -0.140. The van der Waals surface area contributed by atoms with Crippen LogP contribution in [0.1, 0.15) is 6.92 Å². The summed E-state index contributed by atoms with van der Waals surface area (Å²) in [5, 5.41) is 11.4. The topological polar surface area (TPSA) is 78.9 Å². The number of rotatable bonds is 9. The van der Waals surface area contributed by atoms with Crippen LogP contribution in [0.3, 0.4) is 0 Å². The number of hydrogen-bond acceptors (Lipinski definition) is 4. The maximum atomic E-state index is 11.7. The Morgan fingerprint density at radius 1 is 1.59 bits per heavy atom. The Morgan fingerprint density at radius 3 is 2.71 bits per heavy atom. The lowest BCUT2D eigenvalue weighted by atomic mass is 10.2. The van der Waals surface area contributed by atoms with Crippen LogP contribution in [0.25, 0.3) is 0 Å². The molecule has 0 aromatic heterocycles. The fraction of sp³-hybridized carbons (Fsp3) is 0.636. The Morgan fingerprint density at radius 2 is 2.24 bits per heavy atom. The quantitative estimate of drug-likeness (QED) is 0.545. The highest BCUT2D eigenvalue weighted by molar-refractivity contribution is 5.82. The van der Waals surface area contributed by atoms with Crippen LogP contribution < -0.4 is 5.32 Å². The molecule has 1 unspecified atom stereocenters. The van der Waals surface area contributed by atoms with Gasteiger partial charge in [0, 0.05) is 20.2 Å². The molecule has 0 rings (SSSR count). The molecule has 0 spiro atoms. The number of nitrogens with zero attached hydrogens (tertiary/aromatic N) is 1. The number of ether oxygens (including phenoxy) is 1. The fourth-order valence-corrected chi connectivity index (χ4v) is 1.28. The Bertz CT molecular complexity index is 268. The van der Waals surface area contributed by atoms with Crippen molar-refractivity contribution in [3.8, 4) is 0 Å². The number of carbonyl (C=O) groups excluding carboxylic acids is 1. The lowest BCUT2D eigenvalue weighted by Crippen LogP contribution is -2.48. The Balaban J connectivity index is 4.37. The highest BCUT2D eigenvalue weighted by Crippen LogP contribution is 1.99. The second kappa shape index (κ2) is 8.72. The standard InChI is InChI=1S/C11H20N2O4/c1-4-5-12-11(16)9(2)13(6-7-17-3)8-10(14)15/h4,9H,1,5-8H2,2-3H3,(H,12,16)(H,14,15). The first-order chi connectivity index (χ1) is 8.02. The number of carbonyl (C=O) groups is 2. The Hall–Kier alpha value is -1.40. The van der Waals surface area contributed by atoms with E-state index in [-0.39, 0.29) is 12.5 Å². The molecular formula is C11H20N2O4. The van der Waals surface area contributed by atoms with Gasteiger partial charge in [0.25, 0.3) is 0 Å². The first kappa shape index (κ1) is 15.6. The number of amides is 1. The van der Waals surface area contributed by atoms with Gasteiger partial charge in [0.2, 0.25) is 5.91 Å². The molecule has 0 saturated carbocycles. The van der Waals surface area contributed by atoms with Crippen molar-refractivity contribution in [3.63, 3.8) is 0 Å². The van der Waals surface area contributed by atoms with Gasteiger partial charge in [0.1, 0.15) is 0 Å². The molecule has 0 aliphatic rings. The van der Waals surface area contributed by atoms with Crippen molar-refractivity contribution in [1.82, 2.24) is 10.2 Å². The van der Waals surface area contributed by atoms with Gasteiger partial charge in [-0.15, -0.1) is 6.58 Å². The van der Waals surface area contributed by atoms with Gasteiger partial charge in [-0.2, -0.15) is 0 Å². The van der Waals surface area contributed by atoms with E-state index in [1.54, 1.807) is 17.9 Å². The summed E-state index contributed by atoms with van der Waals surface area (Å²) in [5.74, 6) is -1.19. The minimum Gasteiger partial charge on any atom is -0.480 e. The number of carboxylic acid groups (broad SMARTS) is 1. The molecule has 17 heavy (non-hydrogen) atoms. The maximum absolute atomic E-state index is 11.7. The van der Waals surface area contributed by atoms with E-state index < -0.39 is 12.0 Å². The summed E-state index contributed by atoms with van der Waals surface area (Å²) in [6.45, 7) is 6.11. The van der Waals surface area contributed by atoms with Crippen LogP contribution in [-0.2, 0) is 14.3 Å². The molecule has 0 bridgehead atoms. The highest BCUT2D eigenvalue weighted by atomic mass is 16.5. The average Bonchev–Trinajstić information content (AvgIpc) is 2.29. The van der Waals surface area contributed by atoms with Gasteiger partial charge in [-0.1, -0.05) is 6.08 Å². The van der Waals surface area contributed by atoms with Crippen LogP contribution in [0.15, 0.2) is 12.7 Å². The van der Waals surface area contributed by atoms with Gasteiger partial charge >= 0.3 is 5.97 Å². The first-order valence-electron chi connectivity index (χ1n) is 5.36. The van der Waals surface area contributed by atoms with Crippen molar-refractivity contribution in [1.29, 1.82) is 0 Å². The molecule has 0 aromatic rings. The van der Waals surface area contributed by atoms with Gasteiger partial charge in [0.05, 0.1) is 19.2 Å². The predicted molar refractivity (Wildman–Crippen MR) is 63.8 cm³/mol. The Kier molecular flexibility index (Phi) is 8.00. The molecule has 0 aliphatic heterocycles. The van der Waals surface area contributed by atoms with Gasteiger partial charge in [-0.05, 0) is 6.92 Å². The average molecular weight is 244 g/mol. The third-order valence-electron chi connectivity index (χ3n) is 2.27. The Labute approximate surface area is 101 Å². The zero-order valence-corrected chi connectivity index (χ0v) is 10.3. The first-order valence-corrected chi connectivity index (χ1v) is 5.36. The van der Waals surface area contributed by atoms with Crippen molar-refractivity contribution >= 4 is 11.9 Å². The van der Waals surface area contributed by atoms with Crippen molar-refractivity contribution in [2.45, 2.75) is 13.0 Å². The van der Waals surface area contributed by atoms with E-state index in [0.29, 0.717) is 19.7 Å². The van der Waals surface area contributed by atoms with Crippen molar-refractivity contribution in [3.05, 3.63) is 12.7 Å². The molecule has 0 heterocycles. The molecule has 98 valence electrons. The van der Waals surface area contributed by atoms with Crippen LogP contribution in [0.2, 0.25) is 0 Å². The molecule has 6 heteroatoms. The zero-order valence-electron chi connectivity index (χ0n) is 10.3. The minimum absolute atomic E-state index is 0.188. The van der Waals surface area contributed by atoms with Gasteiger partial charge in [-0.25, -0.2) is 0 Å². The van der Waals surface area contributed by atoms with E-state index in [9.17, 15) is 9.59 Å². The van der Waals surface area contributed by atoms with E-state index in [1.165, 1.54) is 7.11 Å². The summed E-state index contributed by atoms with van der Waals surface area (Å²) in [7, 11) is 1.53. The largest absolute Gasteiger partial charge is 0.480 e. The summed E-state index contributed by atoms with van der Waals surface area (Å²) in [4.78, 5) is 23.9. The smallest absolute Gasteiger partial charge is 0.317 e. The normalized spacial score (nSPS) is 12.2. The summed E-state index contributed by atoms with van der Waals surface area (Å²) in [6, 6.07) is -0.513. The van der Waals surface area contributed by atoms with Crippen LogP contribution in [0.4, 0.5) is 0 Å². The second-order valence-electron chi connectivity index (χ2n) is 3.57.